The van der Waals surface area contributed by atoms with Crippen LogP contribution in [0.3, 0.4) is 0 Å². The maximum atomic E-state index is 12.0. The average molecular weight is 371 g/mol. The number of esters is 1. The van der Waals surface area contributed by atoms with E-state index in [4.69, 9.17) is 18.0 Å². The Bertz CT molecular complexity index is 260. The first kappa shape index (κ1) is 20.0. The summed E-state index contributed by atoms with van der Waals surface area (Å²) < 4.78 is 22.9. The molecule has 7 heteroatoms. The van der Waals surface area contributed by atoms with Gasteiger partial charge in [-0.05, 0) is 27.2 Å². The Hall–Kier alpha value is 0.0469. The van der Waals surface area contributed by atoms with Crippen molar-refractivity contribution in [3.63, 3.8) is 0 Å². The molecule has 0 aromatic rings. The number of hydrogen-bond donors (Lipinski definition) is 0. The number of alkyl halides is 1. The van der Waals surface area contributed by atoms with E-state index >= 15 is 0 Å². The lowest BCUT2D eigenvalue weighted by Gasteiger charge is -2.34. The van der Waals surface area contributed by atoms with Crippen LogP contribution in [0.5, 0.6) is 0 Å². The van der Waals surface area contributed by atoms with Gasteiger partial charge in [-0.3, -0.25) is 4.79 Å². The Balaban J connectivity index is 5.09. The van der Waals surface area contributed by atoms with Crippen LogP contribution in [0, 0.1) is 5.92 Å². The van der Waals surface area contributed by atoms with Crippen molar-refractivity contribution in [3.05, 3.63) is 0 Å². The van der Waals surface area contributed by atoms with E-state index < -0.39 is 14.5 Å². The number of carbonyl (C=O) groups excluding carboxylic acids is 1. The Labute approximate surface area is 131 Å². The van der Waals surface area contributed by atoms with Crippen molar-refractivity contribution in [1.29, 1.82) is 0 Å². The van der Waals surface area contributed by atoms with Crippen LogP contribution in [0.15, 0.2) is 0 Å². The lowest BCUT2D eigenvalue weighted by atomic mass is 10.2. The second-order valence-corrected chi connectivity index (χ2v) is 7.66. The molecule has 0 aliphatic rings. The summed E-state index contributed by atoms with van der Waals surface area (Å²) in [6.45, 7) is 10.8. The van der Waals surface area contributed by atoms with E-state index in [-0.39, 0.29) is 11.9 Å². The minimum Gasteiger partial charge on any atom is -0.458 e. The van der Waals surface area contributed by atoms with Crippen molar-refractivity contribution >= 4 is 30.7 Å². The number of carbonyl (C=O) groups is 1. The number of ether oxygens (including phenoxy) is 1. The molecule has 0 aromatic carbocycles. The van der Waals surface area contributed by atoms with Gasteiger partial charge in [0.05, 0.1) is 5.92 Å². The van der Waals surface area contributed by atoms with Gasteiger partial charge in [-0.2, -0.15) is 0 Å². The minimum absolute atomic E-state index is 0.208. The highest BCUT2D eigenvalue weighted by atomic mass is 79.9. The summed E-state index contributed by atoms with van der Waals surface area (Å²) in [5.41, 5.74) is -0.462. The molecular weight excluding hydrogens is 344 g/mol. The quantitative estimate of drug-likeness (QED) is 0.318. The Morgan fingerprint density at radius 1 is 1.05 bits per heavy atom. The largest absolute Gasteiger partial charge is 0.544 e. The summed E-state index contributed by atoms with van der Waals surface area (Å²) in [6.07, 6.45) is 0.604. The molecule has 0 aromatic heterocycles. The van der Waals surface area contributed by atoms with E-state index in [1.807, 2.05) is 34.6 Å². The molecule has 2 atom stereocenters. The third-order valence-electron chi connectivity index (χ3n) is 2.69. The molecule has 0 aliphatic heterocycles. The van der Waals surface area contributed by atoms with Crippen molar-refractivity contribution in [1.82, 2.24) is 0 Å². The third kappa shape index (κ3) is 5.81. The topological polar surface area (TPSA) is 54.0 Å². The smallest absolute Gasteiger partial charge is 0.458 e. The van der Waals surface area contributed by atoms with Crippen LogP contribution < -0.4 is 0 Å². The van der Waals surface area contributed by atoms with E-state index in [0.717, 1.165) is 0 Å². The van der Waals surface area contributed by atoms with Gasteiger partial charge in [0.25, 0.3) is 0 Å². The summed E-state index contributed by atoms with van der Waals surface area (Å²) in [4.78, 5) is 12.0. The van der Waals surface area contributed by atoms with Crippen molar-refractivity contribution in [2.24, 2.45) is 5.92 Å². The van der Waals surface area contributed by atoms with Gasteiger partial charge in [-0.25, -0.2) is 0 Å². The molecule has 0 aliphatic carbocycles. The van der Waals surface area contributed by atoms with Crippen LogP contribution in [-0.4, -0.2) is 45.7 Å². The standard InChI is InChI=1S/C13H27BrO5Si/c1-6-12(19-13(15)11(5)10-14)20(16-7-2,17-8-3)18-9-4/h11-12H,6-10H2,1-5H3. The van der Waals surface area contributed by atoms with Crippen molar-refractivity contribution in [2.45, 2.75) is 46.8 Å². The molecule has 0 fully saturated rings. The fraction of sp³-hybridized carbons (Fsp3) is 0.923. The normalized spacial score (nSPS) is 14.9. The fourth-order valence-electron chi connectivity index (χ4n) is 1.73. The van der Waals surface area contributed by atoms with Gasteiger partial charge in [0.15, 0.2) is 5.73 Å². The molecule has 0 spiro atoms. The lowest BCUT2D eigenvalue weighted by Crippen LogP contribution is -2.58. The van der Waals surface area contributed by atoms with Gasteiger partial charge in [0, 0.05) is 25.2 Å². The second kappa shape index (κ2) is 10.7. The van der Waals surface area contributed by atoms with Crippen molar-refractivity contribution in [3.8, 4) is 0 Å². The second-order valence-electron chi connectivity index (χ2n) is 4.29. The first-order chi connectivity index (χ1) is 9.51. The average Bonchev–Trinajstić information content (AvgIpc) is 2.44. The summed E-state index contributed by atoms with van der Waals surface area (Å²) in [5.74, 6) is -0.467. The summed E-state index contributed by atoms with van der Waals surface area (Å²) >= 11 is 3.29. The molecular formula is C13H27BrO5Si. The van der Waals surface area contributed by atoms with Gasteiger partial charge in [-0.15, -0.1) is 0 Å². The van der Waals surface area contributed by atoms with Crippen molar-refractivity contribution in [2.75, 3.05) is 25.2 Å². The van der Waals surface area contributed by atoms with E-state index in [9.17, 15) is 4.79 Å². The minimum atomic E-state index is -3.00. The van der Waals surface area contributed by atoms with Crippen LogP contribution in [0.4, 0.5) is 0 Å². The van der Waals surface area contributed by atoms with E-state index in [2.05, 4.69) is 15.9 Å². The molecule has 0 radical (unpaired) electrons. The molecule has 0 rings (SSSR count). The zero-order chi connectivity index (χ0) is 15.6. The number of rotatable bonds is 11. The maximum absolute atomic E-state index is 12.0. The van der Waals surface area contributed by atoms with Gasteiger partial charge < -0.3 is 18.0 Å². The summed E-state index contributed by atoms with van der Waals surface area (Å²) in [5, 5.41) is 0.564. The monoisotopic (exact) mass is 370 g/mol. The summed E-state index contributed by atoms with van der Waals surface area (Å²) in [6, 6.07) is 0. The number of hydrogen-bond acceptors (Lipinski definition) is 5. The highest BCUT2D eigenvalue weighted by Crippen LogP contribution is 2.22. The summed E-state index contributed by atoms with van der Waals surface area (Å²) in [7, 11) is -3.00. The van der Waals surface area contributed by atoms with Crippen LogP contribution in [0.25, 0.3) is 0 Å². The molecule has 0 N–H and O–H groups in total. The van der Waals surface area contributed by atoms with Crippen LogP contribution in [-0.2, 0) is 22.8 Å². The highest BCUT2D eigenvalue weighted by Gasteiger charge is 2.51. The zero-order valence-corrected chi connectivity index (χ0v) is 15.7. The highest BCUT2D eigenvalue weighted by molar-refractivity contribution is 9.09. The predicted octanol–water partition coefficient (Wildman–Crippen LogP) is 2.93. The number of halogens is 1. The molecule has 20 heavy (non-hydrogen) atoms. The zero-order valence-electron chi connectivity index (χ0n) is 13.1. The first-order valence-corrected chi connectivity index (χ1v) is 10.1. The van der Waals surface area contributed by atoms with Crippen LogP contribution in [0.2, 0.25) is 0 Å². The Kier molecular flexibility index (Phi) is 10.8. The maximum Gasteiger partial charge on any atom is 0.544 e. The SMILES string of the molecule is CCO[Si](OCC)(OCC)C(CC)OC(=O)C(C)CBr. The van der Waals surface area contributed by atoms with E-state index in [1.54, 1.807) is 0 Å². The molecule has 0 amide bonds. The van der Waals surface area contributed by atoms with Gasteiger partial charge in [0.1, 0.15) is 0 Å². The van der Waals surface area contributed by atoms with Crippen molar-refractivity contribution < 1.29 is 22.8 Å². The van der Waals surface area contributed by atoms with Gasteiger partial charge in [0.2, 0.25) is 0 Å². The molecule has 2 unspecified atom stereocenters. The Morgan fingerprint density at radius 3 is 1.80 bits per heavy atom. The molecule has 5 nitrogen and oxygen atoms in total. The first-order valence-electron chi connectivity index (χ1n) is 7.19. The fourth-order valence-corrected chi connectivity index (χ4v) is 4.77. The molecule has 0 saturated heterocycles. The molecule has 120 valence electrons. The van der Waals surface area contributed by atoms with Gasteiger partial charge >= 0.3 is 14.8 Å². The Morgan fingerprint density at radius 2 is 1.50 bits per heavy atom. The molecule has 0 saturated carbocycles. The van der Waals surface area contributed by atoms with Crippen LogP contribution >= 0.6 is 15.9 Å². The van der Waals surface area contributed by atoms with Crippen LogP contribution in [0.1, 0.15) is 41.0 Å². The van der Waals surface area contributed by atoms with E-state index in [1.165, 1.54) is 0 Å². The molecule has 0 heterocycles. The molecule has 0 bridgehead atoms. The van der Waals surface area contributed by atoms with E-state index in [0.29, 0.717) is 31.6 Å². The lowest BCUT2D eigenvalue weighted by molar-refractivity contribution is -0.152. The third-order valence-corrected chi connectivity index (χ3v) is 7.05. The predicted molar refractivity (Wildman–Crippen MR) is 83.8 cm³/mol. The van der Waals surface area contributed by atoms with Gasteiger partial charge in [-0.1, -0.05) is 29.8 Å².